The minimum absolute atomic E-state index is 0.0332. The molecule has 0 amide bonds. The lowest BCUT2D eigenvalue weighted by atomic mass is 9.92. The maximum absolute atomic E-state index is 6.02. The number of hydrogen-bond acceptors (Lipinski definition) is 3. The van der Waals surface area contributed by atoms with Gasteiger partial charge in [0.25, 0.3) is 0 Å². The normalized spacial score (nSPS) is 20.4. The number of rotatable bonds is 8. The number of nitrogens with zero attached hydrogens (tertiary/aromatic N) is 1. The molecule has 0 aromatic heterocycles. The lowest BCUT2D eigenvalue weighted by molar-refractivity contribution is -0.00985. The fourth-order valence-electron chi connectivity index (χ4n) is 2.51. The molecule has 1 aliphatic carbocycles. The number of ether oxygens (including phenoxy) is 1. The van der Waals surface area contributed by atoms with Crippen LogP contribution in [-0.4, -0.2) is 43.3 Å². The highest BCUT2D eigenvalue weighted by molar-refractivity contribution is 4.94. The van der Waals surface area contributed by atoms with Gasteiger partial charge in [0, 0.05) is 26.2 Å². The number of nitrogens with two attached hydrogens (primary N) is 1. The fraction of sp³-hybridized carbons (Fsp3) is 1.00. The summed E-state index contributed by atoms with van der Waals surface area (Å²) >= 11 is 0. The Kier molecular flexibility index (Phi) is 5.22. The van der Waals surface area contributed by atoms with Crippen LogP contribution < -0.4 is 5.73 Å². The second-order valence-corrected chi connectivity index (χ2v) is 5.40. The van der Waals surface area contributed by atoms with Gasteiger partial charge in [-0.2, -0.15) is 0 Å². The van der Waals surface area contributed by atoms with Gasteiger partial charge in [0.05, 0.1) is 12.1 Å². The Morgan fingerprint density at radius 1 is 1.44 bits per heavy atom. The highest BCUT2D eigenvalue weighted by atomic mass is 16.5. The van der Waals surface area contributed by atoms with Crippen molar-refractivity contribution in [2.75, 3.05) is 26.8 Å². The molecule has 0 aromatic rings. The van der Waals surface area contributed by atoms with Gasteiger partial charge < -0.3 is 10.5 Å². The Bertz CT molecular complexity index is 198. The van der Waals surface area contributed by atoms with Crippen LogP contribution in [0.15, 0.2) is 0 Å². The zero-order valence-electron chi connectivity index (χ0n) is 11.3. The third-order valence-corrected chi connectivity index (χ3v) is 3.84. The van der Waals surface area contributed by atoms with Crippen LogP contribution >= 0.6 is 0 Å². The summed E-state index contributed by atoms with van der Waals surface area (Å²) in [5, 5.41) is 0. The van der Waals surface area contributed by atoms with E-state index in [0.29, 0.717) is 12.6 Å². The van der Waals surface area contributed by atoms with Gasteiger partial charge in [-0.25, -0.2) is 0 Å². The minimum atomic E-state index is 0.0332. The molecule has 0 aliphatic heterocycles. The van der Waals surface area contributed by atoms with Crippen molar-refractivity contribution in [2.45, 2.75) is 51.6 Å². The molecule has 1 rings (SSSR count). The highest BCUT2D eigenvalue weighted by Gasteiger charge is 2.38. The van der Waals surface area contributed by atoms with E-state index in [0.717, 1.165) is 18.9 Å². The molecule has 0 spiro atoms. The first-order valence-corrected chi connectivity index (χ1v) is 6.55. The van der Waals surface area contributed by atoms with Gasteiger partial charge in [-0.05, 0) is 39.0 Å². The molecule has 96 valence electrons. The topological polar surface area (TPSA) is 38.5 Å². The first kappa shape index (κ1) is 13.9. The van der Waals surface area contributed by atoms with Crippen molar-refractivity contribution < 1.29 is 4.74 Å². The van der Waals surface area contributed by atoms with Crippen molar-refractivity contribution in [2.24, 2.45) is 11.7 Å². The second-order valence-electron chi connectivity index (χ2n) is 5.40. The van der Waals surface area contributed by atoms with Crippen molar-refractivity contribution in [1.82, 2.24) is 4.90 Å². The van der Waals surface area contributed by atoms with Crippen LogP contribution in [0.3, 0.4) is 0 Å². The lowest BCUT2D eigenvalue weighted by Crippen LogP contribution is -2.59. The van der Waals surface area contributed by atoms with Gasteiger partial charge >= 0.3 is 0 Å². The molecule has 1 unspecified atom stereocenters. The van der Waals surface area contributed by atoms with Crippen LogP contribution in [0.25, 0.3) is 0 Å². The fourth-order valence-corrected chi connectivity index (χ4v) is 2.51. The first-order valence-electron chi connectivity index (χ1n) is 6.55. The molecule has 0 radical (unpaired) electrons. The van der Waals surface area contributed by atoms with Crippen LogP contribution in [0.2, 0.25) is 0 Å². The Labute approximate surface area is 100 Å². The Balaban J connectivity index is 2.74. The second kappa shape index (κ2) is 5.99. The van der Waals surface area contributed by atoms with Crippen LogP contribution in [0.4, 0.5) is 0 Å². The molecule has 0 aromatic carbocycles. The molecule has 0 saturated heterocycles. The van der Waals surface area contributed by atoms with Gasteiger partial charge in [-0.1, -0.05) is 6.92 Å². The van der Waals surface area contributed by atoms with Gasteiger partial charge in [-0.15, -0.1) is 0 Å². The van der Waals surface area contributed by atoms with E-state index in [1.165, 1.54) is 19.4 Å². The molecule has 3 nitrogen and oxygen atoms in total. The first-order chi connectivity index (χ1) is 7.59. The average molecular weight is 228 g/mol. The minimum Gasteiger partial charge on any atom is -0.383 e. The molecule has 1 aliphatic rings. The molecule has 1 saturated carbocycles. The van der Waals surface area contributed by atoms with Crippen LogP contribution in [0.1, 0.15) is 40.0 Å². The molecule has 1 atom stereocenters. The molecule has 3 heteroatoms. The van der Waals surface area contributed by atoms with Crippen molar-refractivity contribution in [3.05, 3.63) is 0 Å². The number of methoxy groups -OCH3 is 1. The summed E-state index contributed by atoms with van der Waals surface area (Å²) in [5.74, 6) is 0.900. The van der Waals surface area contributed by atoms with E-state index in [1.54, 1.807) is 7.11 Å². The third kappa shape index (κ3) is 3.19. The smallest absolute Gasteiger partial charge is 0.0659 e. The molecule has 0 bridgehead atoms. The number of hydrogen-bond donors (Lipinski definition) is 1. The zero-order valence-corrected chi connectivity index (χ0v) is 11.3. The highest BCUT2D eigenvalue weighted by Crippen LogP contribution is 2.33. The standard InChI is InChI=1S/C13H28N2O/c1-5-13(9-14,10-16-4)15(11(2)3)8-12-6-7-12/h11-12H,5-10,14H2,1-4H3. The van der Waals surface area contributed by atoms with E-state index >= 15 is 0 Å². The van der Waals surface area contributed by atoms with Crippen LogP contribution in [0.5, 0.6) is 0 Å². The van der Waals surface area contributed by atoms with Gasteiger partial charge in [0.15, 0.2) is 0 Å². The SMILES string of the molecule is CCC(CN)(COC)N(CC1CC1)C(C)C. The maximum atomic E-state index is 6.02. The molecular formula is C13H28N2O. The zero-order chi connectivity index (χ0) is 12.2. The van der Waals surface area contributed by atoms with E-state index < -0.39 is 0 Å². The van der Waals surface area contributed by atoms with Gasteiger partial charge in [0.2, 0.25) is 0 Å². The summed E-state index contributed by atoms with van der Waals surface area (Å²) in [5.41, 5.74) is 6.05. The Morgan fingerprint density at radius 3 is 2.38 bits per heavy atom. The third-order valence-electron chi connectivity index (χ3n) is 3.84. The Hall–Kier alpha value is -0.120. The van der Waals surface area contributed by atoms with E-state index in [-0.39, 0.29) is 5.54 Å². The molecule has 0 heterocycles. The predicted octanol–water partition coefficient (Wildman–Crippen LogP) is 1.86. The van der Waals surface area contributed by atoms with E-state index in [9.17, 15) is 0 Å². The van der Waals surface area contributed by atoms with Gasteiger partial charge in [0.1, 0.15) is 0 Å². The molecule has 2 N–H and O–H groups in total. The predicted molar refractivity (Wildman–Crippen MR) is 68.5 cm³/mol. The molecule has 16 heavy (non-hydrogen) atoms. The summed E-state index contributed by atoms with van der Waals surface area (Å²) in [6.45, 7) is 9.35. The van der Waals surface area contributed by atoms with E-state index in [2.05, 4.69) is 25.7 Å². The summed E-state index contributed by atoms with van der Waals surface area (Å²) < 4.78 is 5.40. The molecule has 1 fully saturated rings. The van der Waals surface area contributed by atoms with Crippen LogP contribution in [-0.2, 0) is 4.74 Å². The van der Waals surface area contributed by atoms with Crippen molar-refractivity contribution in [3.63, 3.8) is 0 Å². The Morgan fingerprint density at radius 2 is 2.06 bits per heavy atom. The largest absolute Gasteiger partial charge is 0.383 e. The summed E-state index contributed by atoms with van der Waals surface area (Å²) in [6, 6.07) is 0.541. The summed E-state index contributed by atoms with van der Waals surface area (Å²) in [6.07, 6.45) is 3.84. The van der Waals surface area contributed by atoms with Crippen molar-refractivity contribution in [1.29, 1.82) is 0 Å². The van der Waals surface area contributed by atoms with Crippen molar-refractivity contribution >= 4 is 0 Å². The van der Waals surface area contributed by atoms with Crippen molar-refractivity contribution in [3.8, 4) is 0 Å². The quantitative estimate of drug-likeness (QED) is 0.689. The summed E-state index contributed by atoms with van der Waals surface area (Å²) in [7, 11) is 1.77. The summed E-state index contributed by atoms with van der Waals surface area (Å²) in [4.78, 5) is 2.56. The van der Waals surface area contributed by atoms with Crippen LogP contribution in [0, 0.1) is 5.92 Å². The average Bonchev–Trinajstić information content (AvgIpc) is 3.07. The van der Waals surface area contributed by atoms with E-state index in [4.69, 9.17) is 10.5 Å². The monoisotopic (exact) mass is 228 g/mol. The lowest BCUT2D eigenvalue weighted by Gasteiger charge is -2.45. The van der Waals surface area contributed by atoms with Gasteiger partial charge in [-0.3, -0.25) is 4.90 Å². The van der Waals surface area contributed by atoms with E-state index in [1.807, 2.05) is 0 Å². The maximum Gasteiger partial charge on any atom is 0.0659 e. The molecular weight excluding hydrogens is 200 g/mol.